The molecule has 1 N–H and O–H groups in total. The maximum absolute atomic E-state index is 4.28. The summed E-state index contributed by atoms with van der Waals surface area (Å²) in [5, 5.41) is 7.85. The monoisotopic (exact) mass is 236 g/mol. The topological polar surface area (TPSA) is 33.1 Å². The van der Waals surface area contributed by atoms with Crippen molar-refractivity contribution in [3.05, 3.63) is 18.0 Å². The Hall–Kier alpha value is -0.870. The van der Waals surface area contributed by atoms with Gasteiger partial charge in [-0.15, -0.1) is 0 Å². The summed E-state index contributed by atoms with van der Waals surface area (Å²) in [6.07, 6.45) is 4.59. The Morgan fingerprint density at radius 2 is 2.41 bits per heavy atom. The SMILES string of the molecule is CCn1nccc1CNCC1CCCN(C)C1. The van der Waals surface area contributed by atoms with E-state index in [-0.39, 0.29) is 0 Å². The summed E-state index contributed by atoms with van der Waals surface area (Å²) in [6.45, 7) is 7.65. The Morgan fingerprint density at radius 3 is 3.18 bits per heavy atom. The molecular formula is C13H24N4. The zero-order chi connectivity index (χ0) is 12.1. The number of nitrogens with one attached hydrogen (secondary N) is 1. The van der Waals surface area contributed by atoms with E-state index in [4.69, 9.17) is 0 Å². The van der Waals surface area contributed by atoms with Crippen LogP contribution in [0.1, 0.15) is 25.5 Å². The van der Waals surface area contributed by atoms with Gasteiger partial charge in [0.1, 0.15) is 0 Å². The Morgan fingerprint density at radius 1 is 1.53 bits per heavy atom. The van der Waals surface area contributed by atoms with Crippen molar-refractivity contribution in [3.63, 3.8) is 0 Å². The van der Waals surface area contributed by atoms with Gasteiger partial charge in [-0.1, -0.05) is 0 Å². The average molecular weight is 236 g/mol. The number of hydrogen-bond donors (Lipinski definition) is 1. The summed E-state index contributed by atoms with van der Waals surface area (Å²) in [6, 6.07) is 2.10. The van der Waals surface area contributed by atoms with Gasteiger partial charge in [0.05, 0.1) is 5.69 Å². The number of aryl methyl sites for hydroxylation is 1. The maximum Gasteiger partial charge on any atom is 0.0521 e. The average Bonchev–Trinajstić information content (AvgIpc) is 2.77. The highest BCUT2D eigenvalue weighted by Gasteiger charge is 2.16. The van der Waals surface area contributed by atoms with Crippen LogP contribution in [-0.2, 0) is 13.1 Å². The van der Waals surface area contributed by atoms with Gasteiger partial charge in [-0.05, 0) is 51.9 Å². The highest BCUT2D eigenvalue weighted by atomic mass is 15.3. The molecule has 0 saturated carbocycles. The molecule has 4 nitrogen and oxygen atoms in total. The largest absolute Gasteiger partial charge is 0.311 e. The lowest BCUT2D eigenvalue weighted by atomic mass is 9.98. The van der Waals surface area contributed by atoms with Gasteiger partial charge in [0, 0.05) is 25.8 Å². The number of piperidine rings is 1. The first-order valence-electron chi connectivity index (χ1n) is 6.69. The van der Waals surface area contributed by atoms with Crippen LogP contribution in [-0.4, -0.2) is 41.4 Å². The van der Waals surface area contributed by atoms with Gasteiger partial charge >= 0.3 is 0 Å². The van der Waals surface area contributed by atoms with Crippen LogP contribution in [0.15, 0.2) is 12.3 Å². The van der Waals surface area contributed by atoms with E-state index in [0.717, 1.165) is 25.6 Å². The van der Waals surface area contributed by atoms with Crippen LogP contribution in [0.2, 0.25) is 0 Å². The summed E-state index contributed by atoms with van der Waals surface area (Å²) in [7, 11) is 2.22. The Bertz CT molecular complexity index is 334. The van der Waals surface area contributed by atoms with Gasteiger partial charge < -0.3 is 10.2 Å². The second-order valence-electron chi connectivity index (χ2n) is 5.04. The van der Waals surface area contributed by atoms with Gasteiger partial charge in [0.2, 0.25) is 0 Å². The third-order valence-corrected chi connectivity index (χ3v) is 3.57. The normalized spacial score (nSPS) is 21.9. The first-order valence-corrected chi connectivity index (χ1v) is 6.69. The molecule has 2 rings (SSSR count). The van der Waals surface area contributed by atoms with E-state index < -0.39 is 0 Å². The summed E-state index contributed by atoms with van der Waals surface area (Å²) in [4.78, 5) is 2.44. The van der Waals surface area contributed by atoms with Crippen molar-refractivity contribution >= 4 is 0 Å². The van der Waals surface area contributed by atoms with Crippen LogP contribution in [0, 0.1) is 5.92 Å². The van der Waals surface area contributed by atoms with Crippen molar-refractivity contribution in [3.8, 4) is 0 Å². The van der Waals surface area contributed by atoms with Crippen molar-refractivity contribution in [1.29, 1.82) is 0 Å². The lowest BCUT2D eigenvalue weighted by Crippen LogP contribution is -2.37. The van der Waals surface area contributed by atoms with E-state index in [9.17, 15) is 0 Å². The second-order valence-corrected chi connectivity index (χ2v) is 5.04. The van der Waals surface area contributed by atoms with Crippen LogP contribution in [0.25, 0.3) is 0 Å². The highest BCUT2D eigenvalue weighted by Crippen LogP contribution is 2.14. The number of hydrogen-bond acceptors (Lipinski definition) is 3. The van der Waals surface area contributed by atoms with Gasteiger partial charge in [-0.2, -0.15) is 5.10 Å². The molecule has 0 amide bonds. The molecule has 0 radical (unpaired) electrons. The van der Waals surface area contributed by atoms with E-state index in [2.05, 4.69) is 40.0 Å². The van der Waals surface area contributed by atoms with Crippen LogP contribution in [0.4, 0.5) is 0 Å². The molecule has 1 atom stereocenters. The molecule has 17 heavy (non-hydrogen) atoms. The maximum atomic E-state index is 4.28. The first kappa shape index (κ1) is 12.6. The molecule has 0 aliphatic carbocycles. The number of rotatable bonds is 5. The fraction of sp³-hybridized carbons (Fsp3) is 0.769. The molecule has 96 valence electrons. The van der Waals surface area contributed by atoms with E-state index in [1.165, 1.54) is 31.6 Å². The van der Waals surface area contributed by atoms with Crippen molar-refractivity contribution in [2.45, 2.75) is 32.9 Å². The third-order valence-electron chi connectivity index (χ3n) is 3.57. The zero-order valence-corrected chi connectivity index (χ0v) is 11.0. The van der Waals surface area contributed by atoms with E-state index in [0.29, 0.717) is 0 Å². The summed E-state index contributed by atoms with van der Waals surface area (Å²) in [5.74, 6) is 0.812. The summed E-state index contributed by atoms with van der Waals surface area (Å²) < 4.78 is 2.06. The predicted octanol–water partition coefficient (Wildman–Crippen LogP) is 1.33. The van der Waals surface area contributed by atoms with Gasteiger partial charge in [0.15, 0.2) is 0 Å². The van der Waals surface area contributed by atoms with Crippen molar-refractivity contribution < 1.29 is 0 Å². The van der Waals surface area contributed by atoms with Crippen molar-refractivity contribution in [2.75, 3.05) is 26.7 Å². The fourth-order valence-corrected chi connectivity index (χ4v) is 2.64. The minimum Gasteiger partial charge on any atom is -0.311 e. The molecular weight excluding hydrogens is 212 g/mol. The van der Waals surface area contributed by atoms with E-state index >= 15 is 0 Å². The molecule has 0 spiro atoms. The summed E-state index contributed by atoms with van der Waals surface area (Å²) >= 11 is 0. The van der Waals surface area contributed by atoms with Gasteiger partial charge in [-0.25, -0.2) is 0 Å². The molecule has 4 heteroatoms. The zero-order valence-electron chi connectivity index (χ0n) is 11.0. The number of aromatic nitrogens is 2. The minimum atomic E-state index is 0.812. The molecule has 1 saturated heterocycles. The standard InChI is InChI=1S/C13H24N4/c1-3-17-13(6-7-15-17)10-14-9-12-5-4-8-16(2)11-12/h6-7,12,14H,3-5,8-11H2,1-2H3. The molecule has 1 unspecified atom stereocenters. The molecule has 2 heterocycles. The Kier molecular flexibility index (Phi) is 4.57. The molecule has 0 aromatic carbocycles. The van der Waals surface area contributed by atoms with E-state index in [1.54, 1.807) is 0 Å². The molecule has 1 aromatic rings. The minimum absolute atomic E-state index is 0.812. The Balaban J connectivity index is 1.72. The van der Waals surface area contributed by atoms with Crippen LogP contribution in [0.5, 0.6) is 0 Å². The highest BCUT2D eigenvalue weighted by molar-refractivity contribution is 4.99. The lowest BCUT2D eigenvalue weighted by molar-refractivity contribution is 0.206. The number of likely N-dealkylation sites (tertiary alicyclic amines) is 1. The van der Waals surface area contributed by atoms with Crippen molar-refractivity contribution in [1.82, 2.24) is 20.0 Å². The fourth-order valence-electron chi connectivity index (χ4n) is 2.64. The van der Waals surface area contributed by atoms with Gasteiger partial charge in [0.25, 0.3) is 0 Å². The molecule has 1 aliphatic rings. The van der Waals surface area contributed by atoms with E-state index in [1.807, 2.05) is 6.20 Å². The lowest BCUT2D eigenvalue weighted by Gasteiger charge is -2.29. The van der Waals surface area contributed by atoms with Crippen LogP contribution in [0.3, 0.4) is 0 Å². The molecule has 0 bridgehead atoms. The second kappa shape index (κ2) is 6.17. The third kappa shape index (κ3) is 3.54. The van der Waals surface area contributed by atoms with Crippen LogP contribution < -0.4 is 5.32 Å². The number of nitrogens with zero attached hydrogens (tertiary/aromatic N) is 3. The van der Waals surface area contributed by atoms with Gasteiger partial charge in [-0.3, -0.25) is 4.68 Å². The Labute approximate surface area is 104 Å². The predicted molar refractivity (Wildman–Crippen MR) is 69.8 cm³/mol. The summed E-state index contributed by atoms with van der Waals surface area (Å²) in [5.41, 5.74) is 1.29. The van der Waals surface area contributed by atoms with Crippen molar-refractivity contribution in [2.24, 2.45) is 5.92 Å². The molecule has 1 aromatic heterocycles. The quantitative estimate of drug-likeness (QED) is 0.837. The molecule has 1 aliphatic heterocycles. The molecule has 1 fully saturated rings. The first-order chi connectivity index (χ1) is 8.29. The van der Waals surface area contributed by atoms with Crippen LogP contribution >= 0.6 is 0 Å². The smallest absolute Gasteiger partial charge is 0.0521 e.